The SMILES string of the molecule is Cc1nc2cccnc2n1[C@H]1CCN(S(=O)(=O)c2cccnc2)C1. The summed E-state index contributed by atoms with van der Waals surface area (Å²) in [6, 6.07) is 7.03. The van der Waals surface area contributed by atoms with Crippen molar-refractivity contribution < 1.29 is 8.42 Å². The van der Waals surface area contributed by atoms with Crippen molar-refractivity contribution in [1.29, 1.82) is 0 Å². The molecule has 124 valence electrons. The molecule has 0 bridgehead atoms. The number of aromatic nitrogens is 4. The molecule has 3 aromatic rings. The van der Waals surface area contributed by atoms with Crippen LogP contribution in [0.2, 0.25) is 0 Å². The van der Waals surface area contributed by atoms with Crippen molar-refractivity contribution in [2.24, 2.45) is 0 Å². The Morgan fingerprint density at radius 2 is 2.04 bits per heavy atom. The van der Waals surface area contributed by atoms with Crippen molar-refractivity contribution in [1.82, 2.24) is 23.8 Å². The summed E-state index contributed by atoms with van der Waals surface area (Å²) < 4.78 is 29.1. The van der Waals surface area contributed by atoms with Gasteiger partial charge in [-0.25, -0.2) is 18.4 Å². The predicted octanol–water partition coefficient (Wildman–Crippen LogP) is 1.77. The van der Waals surface area contributed by atoms with Crippen LogP contribution in [0.1, 0.15) is 18.3 Å². The second-order valence-corrected chi connectivity index (χ2v) is 7.81. The lowest BCUT2D eigenvalue weighted by Gasteiger charge is -2.18. The zero-order chi connectivity index (χ0) is 16.7. The molecule has 0 aromatic carbocycles. The maximum Gasteiger partial charge on any atom is 0.244 e. The van der Waals surface area contributed by atoms with Crippen LogP contribution in [0.4, 0.5) is 0 Å². The van der Waals surface area contributed by atoms with Gasteiger partial charge in [-0.05, 0) is 37.6 Å². The molecule has 1 aliphatic rings. The highest BCUT2D eigenvalue weighted by Gasteiger charge is 2.34. The van der Waals surface area contributed by atoms with Gasteiger partial charge in [-0.2, -0.15) is 4.31 Å². The number of fused-ring (bicyclic) bond motifs is 1. The number of sulfonamides is 1. The van der Waals surface area contributed by atoms with Gasteiger partial charge >= 0.3 is 0 Å². The normalized spacial score (nSPS) is 19.1. The Bertz CT molecular complexity index is 984. The smallest absolute Gasteiger partial charge is 0.244 e. The number of rotatable bonds is 3. The Hall–Kier alpha value is -2.32. The summed E-state index contributed by atoms with van der Waals surface area (Å²) in [6.07, 6.45) is 5.43. The number of hydrogen-bond donors (Lipinski definition) is 0. The number of hydrogen-bond acceptors (Lipinski definition) is 5. The van der Waals surface area contributed by atoms with Crippen LogP contribution in [0.3, 0.4) is 0 Å². The van der Waals surface area contributed by atoms with Gasteiger partial charge < -0.3 is 4.57 Å². The minimum atomic E-state index is -3.51. The average Bonchev–Trinajstić information content (AvgIpc) is 3.19. The molecule has 1 saturated heterocycles. The van der Waals surface area contributed by atoms with Gasteiger partial charge in [-0.1, -0.05) is 0 Å². The van der Waals surface area contributed by atoms with E-state index in [0.29, 0.717) is 13.1 Å². The van der Waals surface area contributed by atoms with Crippen molar-refractivity contribution in [3.05, 3.63) is 48.7 Å². The van der Waals surface area contributed by atoms with E-state index in [-0.39, 0.29) is 10.9 Å². The zero-order valence-electron chi connectivity index (χ0n) is 13.2. The summed E-state index contributed by atoms with van der Waals surface area (Å²) in [6.45, 7) is 2.83. The molecular weight excluding hydrogens is 326 g/mol. The van der Waals surface area contributed by atoms with Crippen LogP contribution in [0.5, 0.6) is 0 Å². The van der Waals surface area contributed by atoms with Crippen molar-refractivity contribution in [2.45, 2.75) is 24.3 Å². The molecule has 0 unspecified atom stereocenters. The molecule has 4 rings (SSSR count). The molecule has 0 aliphatic carbocycles. The van der Waals surface area contributed by atoms with Gasteiger partial charge in [-0.3, -0.25) is 4.98 Å². The molecule has 1 aliphatic heterocycles. The number of pyridine rings is 2. The fourth-order valence-electron chi connectivity index (χ4n) is 3.27. The van der Waals surface area contributed by atoms with E-state index in [1.807, 2.05) is 23.6 Å². The van der Waals surface area contributed by atoms with E-state index in [1.54, 1.807) is 24.5 Å². The van der Waals surface area contributed by atoms with Gasteiger partial charge in [0.05, 0.1) is 6.04 Å². The second-order valence-electron chi connectivity index (χ2n) is 5.87. The number of imidazole rings is 1. The lowest BCUT2D eigenvalue weighted by Crippen LogP contribution is -2.29. The molecule has 4 heterocycles. The van der Waals surface area contributed by atoms with Gasteiger partial charge in [-0.15, -0.1) is 0 Å². The van der Waals surface area contributed by atoms with E-state index >= 15 is 0 Å². The largest absolute Gasteiger partial charge is 0.308 e. The van der Waals surface area contributed by atoms with Crippen LogP contribution in [-0.2, 0) is 10.0 Å². The van der Waals surface area contributed by atoms with Crippen LogP contribution in [0.15, 0.2) is 47.8 Å². The zero-order valence-corrected chi connectivity index (χ0v) is 14.0. The van der Waals surface area contributed by atoms with Gasteiger partial charge in [0.25, 0.3) is 0 Å². The van der Waals surface area contributed by atoms with Gasteiger partial charge in [0.1, 0.15) is 16.2 Å². The fraction of sp³-hybridized carbons (Fsp3) is 0.312. The van der Waals surface area contributed by atoms with Gasteiger partial charge in [0, 0.05) is 31.7 Å². The molecule has 8 heteroatoms. The predicted molar refractivity (Wildman–Crippen MR) is 88.9 cm³/mol. The Morgan fingerprint density at radius 1 is 1.21 bits per heavy atom. The minimum absolute atomic E-state index is 0.0383. The first kappa shape index (κ1) is 15.2. The van der Waals surface area contributed by atoms with E-state index in [1.165, 1.54) is 10.5 Å². The van der Waals surface area contributed by atoms with Crippen LogP contribution >= 0.6 is 0 Å². The lowest BCUT2D eigenvalue weighted by molar-refractivity contribution is 0.451. The summed E-state index contributed by atoms with van der Waals surface area (Å²) in [4.78, 5) is 13.1. The van der Waals surface area contributed by atoms with E-state index in [0.717, 1.165) is 23.4 Å². The topological polar surface area (TPSA) is 81.0 Å². The minimum Gasteiger partial charge on any atom is -0.308 e. The van der Waals surface area contributed by atoms with E-state index in [9.17, 15) is 8.42 Å². The highest BCUT2D eigenvalue weighted by atomic mass is 32.2. The molecule has 24 heavy (non-hydrogen) atoms. The van der Waals surface area contributed by atoms with E-state index in [2.05, 4.69) is 15.0 Å². The third-order valence-corrected chi connectivity index (χ3v) is 6.24. The summed E-state index contributed by atoms with van der Waals surface area (Å²) in [5, 5.41) is 0. The summed E-state index contributed by atoms with van der Waals surface area (Å²) in [5.74, 6) is 0.856. The Labute approximate surface area is 140 Å². The first-order valence-electron chi connectivity index (χ1n) is 7.77. The summed E-state index contributed by atoms with van der Waals surface area (Å²) in [7, 11) is -3.51. The molecule has 0 spiro atoms. The van der Waals surface area contributed by atoms with Crippen LogP contribution in [0.25, 0.3) is 11.2 Å². The third kappa shape index (κ3) is 2.38. The highest BCUT2D eigenvalue weighted by Crippen LogP contribution is 2.30. The fourth-order valence-corrected chi connectivity index (χ4v) is 4.73. The van der Waals surface area contributed by atoms with E-state index < -0.39 is 10.0 Å². The first-order chi connectivity index (χ1) is 11.6. The monoisotopic (exact) mass is 343 g/mol. The molecule has 1 fully saturated rings. The average molecular weight is 343 g/mol. The molecule has 0 radical (unpaired) electrons. The maximum absolute atomic E-state index is 12.7. The molecule has 1 atom stereocenters. The highest BCUT2D eigenvalue weighted by molar-refractivity contribution is 7.89. The van der Waals surface area contributed by atoms with Gasteiger partial charge in [0.15, 0.2) is 5.65 Å². The third-order valence-electron chi connectivity index (χ3n) is 4.39. The van der Waals surface area contributed by atoms with Crippen LogP contribution in [0, 0.1) is 6.92 Å². The summed E-state index contributed by atoms with van der Waals surface area (Å²) in [5.41, 5.74) is 1.64. The van der Waals surface area contributed by atoms with Crippen molar-refractivity contribution in [2.75, 3.05) is 13.1 Å². The Kier molecular flexibility index (Phi) is 3.58. The van der Waals surface area contributed by atoms with Crippen molar-refractivity contribution >= 4 is 21.2 Å². The van der Waals surface area contributed by atoms with E-state index in [4.69, 9.17) is 0 Å². The Morgan fingerprint density at radius 3 is 2.83 bits per heavy atom. The quantitative estimate of drug-likeness (QED) is 0.724. The molecule has 0 N–H and O–H groups in total. The molecule has 7 nitrogen and oxygen atoms in total. The number of aryl methyl sites for hydroxylation is 1. The van der Waals surface area contributed by atoms with Crippen molar-refractivity contribution in [3.63, 3.8) is 0 Å². The first-order valence-corrected chi connectivity index (χ1v) is 9.21. The maximum atomic E-state index is 12.7. The summed E-state index contributed by atoms with van der Waals surface area (Å²) >= 11 is 0. The van der Waals surface area contributed by atoms with Crippen LogP contribution in [-0.4, -0.2) is 45.3 Å². The van der Waals surface area contributed by atoms with Crippen molar-refractivity contribution in [3.8, 4) is 0 Å². The molecular formula is C16H17N5O2S. The lowest BCUT2D eigenvalue weighted by atomic mass is 10.2. The molecule has 3 aromatic heterocycles. The van der Waals surface area contributed by atoms with Gasteiger partial charge in [0.2, 0.25) is 10.0 Å². The molecule has 0 amide bonds. The molecule has 0 saturated carbocycles. The Balaban J connectivity index is 1.66. The van der Waals surface area contributed by atoms with Crippen LogP contribution < -0.4 is 0 Å². The standard InChI is InChI=1S/C16H17N5O2S/c1-12-19-15-5-3-8-18-16(15)21(12)13-6-9-20(11-13)24(22,23)14-4-2-7-17-10-14/h2-5,7-8,10,13H,6,9,11H2,1H3/t13-/m0/s1. The second kappa shape index (κ2) is 5.64. The number of nitrogens with zero attached hydrogens (tertiary/aromatic N) is 5.